The number of fused-ring (bicyclic) bond motifs is 2. The summed E-state index contributed by atoms with van der Waals surface area (Å²) < 4.78 is 18.7. The standard InChI is InChI=1S/C18H23FN2O4/c1-17(2)7-13-8-18(3,10-17)11-20(13)16(22)9-25-15-6-12(19)4-5-14(15)21(23)24/h4-6,13H,7-11H2,1-3H3/t13-,18-/m0/s1. The number of benzene rings is 1. The van der Waals surface area contributed by atoms with Crippen molar-refractivity contribution < 1.29 is 18.8 Å². The zero-order valence-electron chi connectivity index (χ0n) is 14.8. The van der Waals surface area contributed by atoms with Crippen LogP contribution in [0.3, 0.4) is 0 Å². The summed E-state index contributed by atoms with van der Waals surface area (Å²) in [4.78, 5) is 24.8. The molecule has 2 bridgehead atoms. The normalized spacial score (nSPS) is 27.2. The van der Waals surface area contributed by atoms with Gasteiger partial charge >= 0.3 is 5.69 Å². The lowest BCUT2D eigenvalue weighted by Gasteiger charge is -2.39. The molecule has 0 aromatic heterocycles. The molecule has 1 aliphatic heterocycles. The number of ether oxygens (including phenoxy) is 1. The van der Waals surface area contributed by atoms with Crippen molar-refractivity contribution in [3.63, 3.8) is 0 Å². The van der Waals surface area contributed by atoms with E-state index in [0.717, 1.165) is 37.5 Å². The van der Waals surface area contributed by atoms with Crippen molar-refractivity contribution >= 4 is 11.6 Å². The summed E-state index contributed by atoms with van der Waals surface area (Å²) in [6, 6.07) is 3.16. The van der Waals surface area contributed by atoms with Gasteiger partial charge in [0.2, 0.25) is 5.75 Å². The Morgan fingerprint density at radius 1 is 1.40 bits per heavy atom. The van der Waals surface area contributed by atoms with Crippen LogP contribution in [0.5, 0.6) is 5.75 Å². The molecule has 6 nitrogen and oxygen atoms in total. The van der Waals surface area contributed by atoms with Crippen molar-refractivity contribution in [3.8, 4) is 5.75 Å². The van der Waals surface area contributed by atoms with E-state index in [1.54, 1.807) is 0 Å². The second kappa shape index (κ2) is 5.97. The van der Waals surface area contributed by atoms with Gasteiger partial charge in [0.05, 0.1) is 4.92 Å². The summed E-state index contributed by atoms with van der Waals surface area (Å²) in [5.74, 6) is -1.06. The van der Waals surface area contributed by atoms with Crippen molar-refractivity contribution in [2.45, 2.75) is 46.1 Å². The topological polar surface area (TPSA) is 72.7 Å². The van der Waals surface area contributed by atoms with E-state index in [9.17, 15) is 19.3 Å². The zero-order valence-corrected chi connectivity index (χ0v) is 14.8. The molecule has 2 fully saturated rings. The number of nitro groups is 1. The van der Waals surface area contributed by atoms with E-state index in [2.05, 4.69) is 20.8 Å². The molecule has 7 heteroatoms. The predicted octanol–water partition coefficient (Wildman–Crippen LogP) is 3.54. The summed E-state index contributed by atoms with van der Waals surface area (Å²) in [5, 5.41) is 11.0. The molecule has 0 spiro atoms. The van der Waals surface area contributed by atoms with Gasteiger partial charge in [-0.2, -0.15) is 0 Å². The molecule has 2 atom stereocenters. The van der Waals surface area contributed by atoms with Gasteiger partial charge in [-0.3, -0.25) is 14.9 Å². The van der Waals surface area contributed by atoms with Crippen LogP contribution in [-0.2, 0) is 4.79 Å². The van der Waals surface area contributed by atoms with Crippen LogP contribution in [0.25, 0.3) is 0 Å². The Labute approximate surface area is 146 Å². The molecular formula is C18H23FN2O4. The van der Waals surface area contributed by atoms with Crippen molar-refractivity contribution in [1.29, 1.82) is 0 Å². The molecule has 1 aliphatic carbocycles. The minimum Gasteiger partial charge on any atom is -0.477 e. The third-order valence-corrected chi connectivity index (χ3v) is 5.20. The Kier molecular flexibility index (Phi) is 4.21. The number of hydrogen-bond donors (Lipinski definition) is 0. The van der Waals surface area contributed by atoms with Gasteiger partial charge in [0.15, 0.2) is 6.61 Å². The van der Waals surface area contributed by atoms with Crippen LogP contribution in [0.1, 0.15) is 40.0 Å². The summed E-state index contributed by atoms with van der Waals surface area (Å²) >= 11 is 0. The van der Waals surface area contributed by atoms with Crippen LogP contribution in [0.2, 0.25) is 0 Å². The summed E-state index contributed by atoms with van der Waals surface area (Å²) in [7, 11) is 0. The van der Waals surface area contributed by atoms with Crippen molar-refractivity contribution in [1.82, 2.24) is 4.90 Å². The lowest BCUT2D eigenvalue weighted by atomic mass is 9.65. The average molecular weight is 350 g/mol. The lowest BCUT2D eigenvalue weighted by Crippen LogP contribution is -2.40. The maximum absolute atomic E-state index is 13.3. The fourth-order valence-corrected chi connectivity index (χ4v) is 4.73. The number of nitrogens with zero attached hydrogens (tertiary/aromatic N) is 2. The first-order valence-electron chi connectivity index (χ1n) is 8.45. The highest BCUT2D eigenvalue weighted by Gasteiger charge is 2.50. The van der Waals surface area contributed by atoms with Crippen LogP contribution in [-0.4, -0.2) is 34.9 Å². The lowest BCUT2D eigenvalue weighted by molar-refractivity contribution is -0.385. The zero-order chi connectivity index (χ0) is 18.4. The van der Waals surface area contributed by atoms with Crippen molar-refractivity contribution in [3.05, 3.63) is 34.1 Å². The van der Waals surface area contributed by atoms with E-state index in [0.29, 0.717) is 6.54 Å². The second-order valence-corrected chi connectivity index (χ2v) is 8.39. The van der Waals surface area contributed by atoms with Gasteiger partial charge in [-0.15, -0.1) is 0 Å². The molecule has 2 aliphatic rings. The summed E-state index contributed by atoms with van der Waals surface area (Å²) in [6.45, 7) is 6.99. The number of halogens is 1. The van der Waals surface area contributed by atoms with E-state index in [1.807, 2.05) is 4.90 Å². The molecule has 0 N–H and O–H groups in total. The highest BCUT2D eigenvalue weighted by atomic mass is 19.1. The first-order valence-corrected chi connectivity index (χ1v) is 8.45. The Morgan fingerprint density at radius 3 is 2.80 bits per heavy atom. The van der Waals surface area contributed by atoms with Crippen LogP contribution in [0.15, 0.2) is 18.2 Å². The summed E-state index contributed by atoms with van der Waals surface area (Å²) in [5.41, 5.74) is -0.0515. The minimum absolute atomic E-state index is 0.104. The SMILES string of the molecule is CC1(C)C[C@H]2C[C@](C)(CN2C(=O)COc2cc(F)ccc2[N+](=O)[O-])C1. The van der Waals surface area contributed by atoms with Gasteiger partial charge in [0.25, 0.3) is 5.91 Å². The maximum Gasteiger partial charge on any atom is 0.311 e. The number of nitro benzene ring substituents is 1. The number of hydrogen-bond acceptors (Lipinski definition) is 4. The van der Waals surface area contributed by atoms with Gasteiger partial charge in [-0.25, -0.2) is 4.39 Å². The van der Waals surface area contributed by atoms with Gasteiger partial charge in [-0.1, -0.05) is 20.8 Å². The number of carbonyl (C=O) groups excluding carboxylic acids is 1. The predicted molar refractivity (Wildman–Crippen MR) is 89.8 cm³/mol. The quantitative estimate of drug-likeness (QED) is 0.615. The maximum atomic E-state index is 13.3. The number of likely N-dealkylation sites (tertiary alicyclic amines) is 1. The number of amides is 1. The Balaban J connectivity index is 1.70. The third-order valence-electron chi connectivity index (χ3n) is 5.20. The van der Waals surface area contributed by atoms with E-state index in [4.69, 9.17) is 4.74 Å². The second-order valence-electron chi connectivity index (χ2n) is 8.39. The van der Waals surface area contributed by atoms with E-state index < -0.39 is 10.7 Å². The molecule has 1 saturated heterocycles. The molecule has 0 radical (unpaired) electrons. The minimum atomic E-state index is -0.647. The van der Waals surface area contributed by atoms with Gasteiger partial charge < -0.3 is 9.64 Å². The first-order chi connectivity index (χ1) is 11.6. The fourth-order valence-electron chi connectivity index (χ4n) is 4.73. The fraction of sp³-hybridized carbons (Fsp3) is 0.611. The molecule has 3 rings (SSSR count). The Hall–Kier alpha value is -2.18. The summed E-state index contributed by atoms with van der Waals surface area (Å²) in [6.07, 6.45) is 2.98. The monoisotopic (exact) mass is 350 g/mol. The smallest absolute Gasteiger partial charge is 0.311 e. The molecule has 1 aromatic carbocycles. The molecular weight excluding hydrogens is 327 g/mol. The number of rotatable bonds is 4. The van der Waals surface area contributed by atoms with E-state index in [-0.39, 0.29) is 40.8 Å². The first kappa shape index (κ1) is 17.6. The molecule has 1 amide bonds. The average Bonchev–Trinajstić information content (AvgIpc) is 2.73. The molecule has 1 heterocycles. The van der Waals surface area contributed by atoms with Crippen molar-refractivity contribution in [2.24, 2.45) is 10.8 Å². The highest BCUT2D eigenvalue weighted by molar-refractivity contribution is 5.78. The van der Waals surface area contributed by atoms with Gasteiger partial charge in [-0.05, 0) is 36.2 Å². The van der Waals surface area contributed by atoms with Crippen LogP contribution >= 0.6 is 0 Å². The molecule has 0 unspecified atom stereocenters. The molecule has 1 aromatic rings. The largest absolute Gasteiger partial charge is 0.477 e. The number of carbonyl (C=O) groups is 1. The van der Waals surface area contributed by atoms with Gasteiger partial charge in [0, 0.05) is 24.7 Å². The third kappa shape index (κ3) is 3.60. The highest BCUT2D eigenvalue weighted by Crippen LogP contribution is 2.52. The Bertz CT molecular complexity index is 721. The molecule has 1 saturated carbocycles. The Morgan fingerprint density at radius 2 is 2.12 bits per heavy atom. The van der Waals surface area contributed by atoms with Crippen molar-refractivity contribution in [2.75, 3.05) is 13.2 Å². The van der Waals surface area contributed by atoms with Crippen LogP contribution in [0, 0.1) is 26.8 Å². The van der Waals surface area contributed by atoms with E-state index in [1.165, 1.54) is 0 Å². The van der Waals surface area contributed by atoms with E-state index >= 15 is 0 Å². The molecule has 136 valence electrons. The van der Waals surface area contributed by atoms with Gasteiger partial charge in [0.1, 0.15) is 5.82 Å². The van der Waals surface area contributed by atoms with Crippen LogP contribution in [0.4, 0.5) is 10.1 Å². The van der Waals surface area contributed by atoms with Crippen LogP contribution < -0.4 is 4.74 Å². The molecule has 25 heavy (non-hydrogen) atoms.